The molecule has 0 aliphatic carbocycles. The third kappa shape index (κ3) is 4.19. The highest BCUT2D eigenvalue weighted by atomic mass is 19.1. The first-order chi connectivity index (χ1) is 14.1. The number of aryl methyl sites for hydroxylation is 1. The Morgan fingerprint density at radius 2 is 1.72 bits per heavy atom. The van der Waals surface area contributed by atoms with Gasteiger partial charge in [0.1, 0.15) is 11.6 Å². The lowest BCUT2D eigenvalue weighted by atomic mass is 10.1. The Bertz CT molecular complexity index is 1150. The van der Waals surface area contributed by atoms with Crippen LogP contribution in [-0.4, -0.2) is 22.0 Å². The molecule has 0 bridgehead atoms. The van der Waals surface area contributed by atoms with Crippen molar-refractivity contribution in [2.45, 2.75) is 19.9 Å². The number of hydrogen-bond donors (Lipinski definition) is 1. The predicted octanol–water partition coefficient (Wildman–Crippen LogP) is 4.50. The third-order valence-electron chi connectivity index (χ3n) is 4.97. The van der Waals surface area contributed by atoms with Crippen molar-refractivity contribution in [2.24, 2.45) is 0 Å². The van der Waals surface area contributed by atoms with Gasteiger partial charge in [-0.05, 0) is 37.3 Å². The lowest BCUT2D eigenvalue weighted by Crippen LogP contribution is -2.26. The van der Waals surface area contributed by atoms with Crippen molar-refractivity contribution < 1.29 is 9.18 Å². The summed E-state index contributed by atoms with van der Waals surface area (Å²) in [6.45, 7) is 2.84. The van der Waals surface area contributed by atoms with Gasteiger partial charge in [-0.2, -0.15) is 0 Å². The van der Waals surface area contributed by atoms with Crippen LogP contribution in [0.1, 0.15) is 27.3 Å². The van der Waals surface area contributed by atoms with Gasteiger partial charge in [0.15, 0.2) is 0 Å². The molecule has 0 aliphatic rings. The molecule has 0 aliphatic heterocycles. The van der Waals surface area contributed by atoms with Crippen molar-refractivity contribution in [1.29, 1.82) is 0 Å². The second-order valence-electron chi connectivity index (χ2n) is 7.07. The molecule has 29 heavy (non-hydrogen) atoms. The van der Waals surface area contributed by atoms with Gasteiger partial charge in [0.2, 0.25) is 0 Å². The fraction of sp³-hybridized carbons (Fsp3) is 0.167. The number of halogens is 1. The van der Waals surface area contributed by atoms with Crippen LogP contribution in [0.15, 0.2) is 72.8 Å². The van der Waals surface area contributed by atoms with Gasteiger partial charge < -0.3 is 9.88 Å². The van der Waals surface area contributed by atoms with Gasteiger partial charge in [-0.1, -0.05) is 48.0 Å². The third-order valence-corrected chi connectivity index (χ3v) is 4.97. The average Bonchev–Trinajstić information content (AvgIpc) is 3.07. The van der Waals surface area contributed by atoms with Crippen molar-refractivity contribution in [3.05, 3.63) is 101 Å². The van der Waals surface area contributed by atoms with Crippen LogP contribution in [0.2, 0.25) is 0 Å². The van der Waals surface area contributed by atoms with Crippen molar-refractivity contribution in [3.8, 4) is 0 Å². The number of rotatable bonds is 6. The number of para-hydroxylation sites is 2. The number of aromatic nitrogens is 2. The Morgan fingerprint density at radius 1 is 1.00 bits per heavy atom. The topological polar surface area (TPSA) is 46.9 Å². The number of benzene rings is 3. The van der Waals surface area contributed by atoms with Gasteiger partial charge >= 0.3 is 0 Å². The van der Waals surface area contributed by atoms with Crippen molar-refractivity contribution in [3.63, 3.8) is 0 Å². The lowest BCUT2D eigenvalue weighted by molar-refractivity contribution is 0.0954. The molecule has 0 spiro atoms. The molecular weight excluding hydrogens is 365 g/mol. The maximum atomic E-state index is 14.2. The number of hydrogen-bond acceptors (Lipinski definition) is 2. The number of carbonyl (C=O) groups excluding carboxylic acids is 1. The van der Waals surface area contributed by atoms with Crippen LogP contribution >= 0.6 is 0 Å². The molecule has 1 aromatic heterocycles. The van der Waals surface area contributed by atoms with E-state index in [0.29, 0.717) is 30.6 Å². The number of imidazole rings is 1. The summed E-state index contributed by atoms with van der Waals surface area (Å²) in [5.41, 5.74) is 4.18. The Hall–Kier alpha value is -3.47. The normalized spacial score (nSPS) is 11.0. The fourth-order valence-electron chi connectivity index (χ4n) is 3.38. The van der Waals surface area contributed by atoms with Crippen LogP contribution < -0.4 is 5.32 Å². The molecule has 0 unspecified atom stereocenters. The summed E-state index contributed by atoms with van der Waals surface area (Å²) in [6.07, 6.45) is 0.556. The molecule has 0 saturated heterocycles. The molecule has 1 heterocycles. The molecular formula is C24H22FN3O. The van der Waals surface area contributed by atoms with Gasteiger partial charge in [0.25, 0.3) is 5.91 Å². The van der Waals surface area contributed by atoms with Gasteiger partial charge in [-0.25, -0.2) is 9.37 Å². The summed E-state index contributed by atoms with van der Waals surface area (Å²) in [5, 5.41) is 2.95. The van der Waals surface area contributed by atoms with Crippen LogP contribution in [-0.2, 0) is 13.0 Å². The Balaban J connectivity index is 1.53. The molecule has 4 nitrogen and oxygen atoms in total. The molecule has 5 heteroatoms. The summed E-state index contributed by atoms with van der Waals surface area (Å²) in [4.78, 5) is 17.1. The average molecular weight is 387 g/mol. The molecule has 146 valence electrons. The first-order valence-corrected chi connectivity index (χ1v) is 9.64. The Labute approximate surface area is 169 Å². The van der Waals surface area contributed by atoms with Crippen molar-refractivity contribution in [1.82, 2.24) is 14.9 Å². The summed E-state index contributed by atoms with van der Waals surface area (Å²) in [7, 11) is 0. The summed E-state index contributed by atoms with van der Waals surface area (Å²) in [5.74, 6) is 0.476. The number of amides is 1. The SMILES string of the molecule is Cc1ccc(C(=O)NCCc2nc3ccccc3n2Cc2ccccc2F)cc1. The van der Waals surface area contributed by atoms with Crippen LogP contribution in [0.25, 0.3) is 11.0 Å². The number of carbonyl (C=O) groups is 1. The highest BCUT2D eigenvalue weighted by molar-refractivity contribution is 5.94. The number of nitrogens with zero attached hydrogens (tertiary/aromatic N) is 2. The first kappa shape index (κ1) is 18.9. The Kier molecular flexibility index (Phi) is 5.38. The fourth-order valence-corrected chi connectivity index (χ4v) is 3.38. The van der Waals surface area contributed by atoms with Gasteiger partial charge in [-0.3, -0.25) is 4.79 Å². The van der Waals surface area contributed by atoms with E-state index < -0.39 is 0 Å². The predicted molar refractivity (Wildman–Crippen MR) is 112 cm³/mol. The minimum Gasteiger partial charge on any atom is -0.352 e. The quantitative estimate of drug-likeness (QED) is 0.529. The van der Waals surface area contributed by atoms with E-state index in [-0.39, 0.29) is 11.7 Å². The molecule has 3 aromatic carbocycles. The van der Waals surface area contributed by atoms with Crippen molar-refractivity contribution >= 4 is 16.9 Å². The van der Waals surface area contributed by atoms with E-state index in [2.05, 4.69) is 5.32 Å². The van der Waals surface area contributed by atoms with E-state index in [1.165, 1.54) is 6.07 Å². The van der Waals surface area contributed by atoms with Crippen LogP contribution in [0.4, 0.5) is 4.39 Å². The smallest absolute Gasteiger partial charge is 0.251 e. The summed E-state index contributed by atoms with van der Waals surface area (Å²) in [6, 6.07) is 22.1. The van der Waals surface area contributed by atoms with Gasteiger partial charge in [0, 0.05) is 24.1 Å². The second kappa shape index (κ2) is 8.27. The van der Waals surface area contributed by atoms with Crippen LogP contribution in [0.3, 0.4) is 0 Å². The standard InChI is InChI=1S/C24H22FN3O/c1-17-10-12-18(13-11-17)24(29)26-15-14-23-27-21-8-4-5-9-22(21)28(23)16-19-6-2-3-7-20(19)25/h2-13H,14-16H2,1H3,(H,26,29). The first-order valence-electron chi connectivity index (χ1n) is 9.64. The molecule has 0 radical (unpaired) electrons. The molecule has 1 N–H and O–H groups in total. The second-order valence-corrected chi connectivity index (χ2v) is 7.07. The minimum absolute atomic E-state index is 0.109. The number of nitrogens with one attached hydrogen (secondary N) is 1. The van der Waals surface area contributed by atoms with E-state index >= 15 is 0 Å². The highest BCUT2D eigenvalue weighted by Crippen LogP contribution is 2.19. The molecule has 0 saturated carbocycles. The molecule has 4 rings (SSSR count). The lowest BCUT2D eigenvalue weighted by Gasteiger charge is -2.11. The van der Waals surface area contributed by atoms with Crippen LogP contribution in [0, 0.1) is 12.7 Å². The zero-order valence-electron chi connectivity index (χ0n) is 16.2. The molecule has 0 fully saturated rings. The zero-order valence-corrected chi connectivity index (χ0v) is 16.2. The molecule has 0 atom stereocenters. The number of fused-ring (bicyclic) bond motifs is 1. The largest absolute Gasteiger partial charge is 0.352 e. The van der Waals surface area contributed by atoms with E-state index in [1.54, 1.807) is 12.1 Å². The van der Waals surface area contributed by atoms with Gasteiger partial charge in [0.05, 0.1) is 17.6 Å². The van der Waals surface area contributed by atoms with E-state index in [0.717, 1.165) is 22.4 Å². The van der Waals surface area contributed by atoms with E-state index in [9.17, 15) is 9.18 Å². The summed E-state index contributed by atoms with van der Waals surface area (Å²) >= 11 is 0. The highest BCUT2D eigenvalue weighted by Gasteiger charge is 2.13. The maximum Gasteiger partial charge on any atom is 0.251 e. The summed E-state index contributed by atoms with van der Waals surface area (Å²) < 4.78 is 16.2. The van der Waals surface area contributed by atoms with E-state index in [1.807, 2.05) is 66.1 Å². The van der Waals surface area contributed by atoms with E-state index in [4.69, 9.17) is 4.98 Å². The zero-order chi connectivity index (χ0) is 20.2. The Morgan fingerprint density at radius 3 is 2.52 bits per heavy atom. The molecule has 4 aromatic rings. The van der Waals surface area contributed by atoms with Crippen molar-refractivity contribution in [2.75, 3.05) is 6.54 Å². The monoisotopic (exact) mass is 387 g/mol. The molecule has 1 amide bonds. The maximum absolute atomic E-state index is 14.2. The van der Waals surface area contributed by atoms with Crippen LogP contribution in [0.5, 0.6) is 0 Å². The minimum atomic E-state index is -0.232. The van der Waals surface area contributed by atoms with Gasteiger partial charge in [-0.15, -0.1) is 0 Å².